The first kappa shape index (κ1) is 17.0. The molecular weight excluding hydrogens is 314 g/mol. The zero-order valence-electron chi connectivity index (χ0n) is 13.0. The third kappa shape index (κ3) is 4.29. The van der Waals surface area contributed by atoms with E-state index in [9.17, 15) is 9.59 Å². The molecule has 6 heteroatoms. The Morgan fingerprint density at radius 3 is 2.43 bits per heavy atom. The minimum atomic E-state index is -1.24. The second-order valence-corrected chi connectivity index (χ2v) is 5.97. The number of hydrogen-bond acceptors (Lipinski definition) is 3. The molecule has 0 saturated carbocycles. The van der Waals surface area contributed by atoms with E-state index >= 15 is 0 Å². The van der Waals surface area contributed by atoms with Crippen LogP contribution in [-0.4, -0.2) is 16.8 Å². The molecule has 0 fully saturated rings. The molecule has 23 heavy (non-hydrogen) atoms. The van der Waals surface area contributed by atoms with E-state index in [1.54, 1.807) is 56.4 Å². The summed E-state index contributed by atoms with van der Waals surface area (Å²) in [6, 6.07) is 12.3. The maximum atomic E-state index is 12.4. The molecule has 120 valence electrons. The first-order valence-corrected chi connectivity index (χ1v) is 7.53. The highest BCUT2D eigenvalue weighted by atomic mass is 35.5. The van der Waals surface area contributed by atoms with Crippen molar-refractivity contribution in [2.24, 2.45) is 5.41 Å². The fourth-order valence-corrected chi connectivity index (χ4v) is 2.02. The van der Waals surface area contributed by atoms with Crippen LogP contribution in [0.4, 0.5) is 5.69 Å². The minimum Gasteiger partial charge on any atom is -0.350 e. The lowest BCUT2D eigenvalue weighted by atomic mass is 9.91. The monoisotopic (exact) mass is 331 g/mol. The molecule has 0 spiro atoms. The number of hydrogen-bond donors (Lipinski definition) is 2. The van der Waals surface area contributed by atoms with Crippen LogP contribution in [0.2, 0.25) is 5.02 Å². The van der Waals surface area contributed by atoms with E-state index in [1.807, 2.05) is 6.07 Å². The van der Waals surface area contributed by atoms with E-state index < -0.39 is 11.3 Å². The van der Waals surface area contributed by atoms with Gasteiger partial charge in [-0.25, -0.2) is 0 Å². The number of amides is 2. The molecular formula is C17H18ClN3O2. The van der Waals surface area contributed by atoms with Gasteiger partial charge in [-0.1, -0.05) is 29.8 Å². The van der Waals surface area contributed by atoms with Gasteiger partial charge in [0, 0.05) is 6.20 Å². The highest BCUT2D eigenvalue weighted by Crippen LogP contribution is 2.24. The molecule has 2 aromatic rings. The highest BCUT2D eigenvalue weighted by molar-refractivity contribution is 6.33. The van der Waals surface area contributed by atoms with Gasteiger partial charge >= 0.3 is 0 Å². The van der Waals surface area contributed by atoms with Crippen LogP contribution in [0.3, 0.4) is 0 Å². The number of anilines is 1. The molecule has 0 aliphatic carbocycles. The fraction of sp³-hybridized carbons (Fsp3) is 0.235. The third-order valence-electron chi connectivity index (χ3n) is 3.41. The van der Waals surface area contributed by atoms with Crippen molar-refractivity contribution < 1.29 is 9.59 Å². The Hall–Kier alpha value is -2.40. The Kier molecular flexibility index (Phi) is 5.34. The van der Waals surface area contributed by atoms with Gasteiger partial charge in [-0.2, -0.15) is 0 Å². The van der Waals surface area contributed by atoms with Crippen molar-refractivity contribution in [1.29, 1.82) is 0 Å². The van der Waals surface area contributed by atoms with Gasteiger partial charge in [0.1, 0.15) is 5.41 Å². The summed E-state index contributed by atoms with van der Waals surface area (Å²) in [5.74, 6) is -0.808. The van der Waals surface area contributed by atoms with Crippen molar-refractivity contribution in [3.05, 3.63) is 59.4 Å². The van der Waals surface area contributed by atoms with Crippen molar-refractivity contribution in [2.75, 3.05) is 5.32 Å². The largest absolute Gasteiger partial charge is 0.350 e. The summed E-state index contributed by atoms with van der Waals surface area (Å²) in [7, 11) is 0. The average molecular weight is 332 g/mol. The molecule has 0 saturated heterocycles. The normalized spacial score (nSPS) is 10.9. The predicted molar refractivity (Wildman–Crippen MR) is 89.9 cm³/mol. The molecule has 0 bridgehead atoms. The maximum Gasteiger partial charge on any atom is 0.239 e. The second-order valence-electron chi connectivity index (χ2n) is 5.56. The molecule has 1 heterocycles. The topological polar surface area (TPSA) is 71.1 Å². The summed E-state index contributed by atoms with van der Waals surface area (Å²) in [5, 5.41) is 5.83. The van der Waals surface area contributed by atoms with Crippen molar-refractivity contribution in [1.82, 2.24) is 10.3 Å². The zero-order chi connectivity index (χ0) is 16.9. The van der Waals surface area contributed by atoms with Gasteiger partial charge in [-0.15, -0.1) is 0 Å². The maximum absolute atomic E-state index is 12.4. The van der Waals surface area contributed by atoms with Gasteiger partial charge < -0.3 is 10.6 Å². The molecule has 0 aliphatic heterocycles. The summed E-state index contributed by atoms with van der Waals surface area (Å²) in [4.78, 5) is 28.8. The van der Waals surface area contributed by atoms with Crippen molar-refractivity contribution in [2.45, 2.75) is 20.4 Å². The number of pyridine rings is 1. The van der Waals surface area contributed by atoms with E-state index in [-0.39, 0.29) is 12.5 Å². The molecule has 2 N–H and O–H groups in total. The average Bonchev–Trinajstić information content (AvgIpc) is 2.55. The van der Waals surface area contributed by atoms with E-state index in [4.69, 9.17) is 11.6 Å². The SMILES string of the molecule is CC(C)(C(=O)NCc1ccccn1)C(=O)Nc1ccccc1Cl. The fourth-order valence-electron chi connectivity index (χ4n) is 1.84. The van der Waals surface area contributed by atoms with Gasteiger partial charge in [0.05, 0.1) is 22.9 Å². The molecule has 5 nitrogen and oxygen atoms in total. The molecule has 0 aliphatic rings. The van der Waals surface area contributed by atoms with Crippen LogP contribution in [0.25, 0.3) is 0 Å². The first-order chi connectivity index (χ1) is 10.9. The van der Waals surface area contributed by atoms with Crippen LogP contribution in [0.1, 0.15) is 19.5 Å². The minimum absolute atomic E-state index is 0.266. The van der Waals surface area contributed by atoms with Crippen LogP contribution in [0.15, 0.2) is 48.7 Å². The molecule has 0 unspecified atom stereocenters. The summed E-state index contributed by atoms with van der Waals surface area (Å²) < 4.78 is 0. The lowest BCUT2D eigenvalue weighted by Crippen LogP contribution is -2.45. The van der Waals surface area contributed by atoms with Crippen LogP contribution in [0.5, 0.6) is 0 Å². The van der Waals surface area contributed by atoms with Gasteiger partial charge in [0.2, 0.25) is 11.8 Å². The molecule has 1 aromatic carbocycles. The number of rotatable bonds is 5. The quantitative estimate of drug-likeness (QED) is 0.827. The number of nitrogens with one attached hydrogen (secondary N) is 2. The molecule has 1 aromatic heterocycles. The number of para-hydroxylation sites is 1. The molecule has 0 radical (unpaired) electrons. The smallest absolute Gasteiger partial charge is 0.239 e. The number of halogens is 1. The standard InChI is InChI=1S/C17H18ClN3O2/c1-17(2,15(22)20-11-12-7-5-6-10-19-12)16(23)21-14-9-4-3-8-13(14)18/h3-10H,11H2,1-2H3,(H,20,22)(H,21,23). The lowest BCUT2D eigenvalue weighted by Gasteiger charge is -2.23. The number of carbonyl (C=O) groups is 2. The summed E-state index contributed by atoms with van der Waals surface area (Å²) >= 11 is 6.02. The molecule has 2 amide bonds. The number of carbonyl (C=O) groups excluding carboxylic acids is 2. The Morgan fingerprint density at radius 1 is 1.09 bits per heavy atom. The number of aromatic nitrogens is 1. The Bertz CT molecular complexity index is 702. The Morgan fingerprint density at radius 2 is 1.78 bits per heavy atom. The second kappa shape index (κ2) is 7.24. The summed E-state index contributed by atoms with van der Waals surface area (Å²) in [6.07, 6.45) is 1.65. The van der Waals surface area contributed by atoms with E-state index in [1.165, 1.54) is 0 Å². The van der Waals surface area contributed by atoms with Gasteiger partial charge in [-0.3, -0.25) is 14.6 Å². The zero-order valence-corrected chi connectivity index (χ0v) is 13.7. The van der Waals surface area contributed by atoms with Crippen LogP contribution >= 0.6 is 11.6 Å². The van der Waals surface area contributed by atoms with E-state index in [2.05, 4.69) is 15.6 Å². The Balaban J connectivity index is 2.00. The third-order valence-corrected chi connectivity index (χ3v) is 3.74. The summed E-state index contributed by atoms with van der Waals surface area (Å²) in [5.41, 5.74) is -0.0403. The first-order valence-electron chi connectivity index (χ1n) is 7.15. The Labute approximate surface area is 140 Å². The lowest BCUT2D eigenvalue weighted by molar-refractivity contribution is -0.138. The van der Waals surface area contributed by atoms with Gasteiger partial charge in [-0.05, 0) is 38.1 Å². The van der Waals surface area contributed by atoms with Gasteiger partial charge in [0.25, 0.3) is 0 Å². The highest BCUT2D eigenvalue weighted by Gasteiger charge is 2.36. The van der Waals surface area contributed by atoms with Crippen molar-refractivity contribution >= 4 is 29.1 Å². The van der Waals surface area contributed by atoms with Crippen molar-refractivity contribution in [3.63, 3.8) is 0 Å². The number of nitrogens with zero attached hydrogens (tertiary/aromatic N) is 1. The van der Waals surface area contributed by atoms with Crippen molar-refractivity contribution in [3.8, 4) is 0 Å². The van der Waals surface area contributed by atoms with E-state index in [0.29, 0.717) is 10.7 Å². The predicted octanol–water partition coefficient (Wildman–Crippen LogP) is 3.02. The molecule has 2 rings (SSSR count). The summed E-state index contributed by atoms with van der Waals surface area (Å²) in [6.45, 7) is 3.39. The van der Waals surface area contributed by atoms with Crippen LogP contribution in [0, 0.1) is 5.41 Å². The van der Waals surface area contributed by atoms with Crippen LogP contribution < -0.4 is 10.6 Å². The van der Waals surface area contributed by atoms with Gasteiger partial charge in [0.15, 0.2) is 0 Å². The van der Waals surface area contributed by atoms with Crippen LogP contribution in [-0.2, 0) is 16.1 Å². The number of benzene rings is 1. The molecule has 0 atom stereocenters. The van der Waals surface area contributed by atoms with E-state index in [0.717, 1.165) is 5.69 Å².